The molecule has 1 aromatic rings. The Labute approximate surface area is 96.8 Å². The molecule has 2 rings (SSSR count). The third-order valence-corrected chi connectivity index (χ3v) is 3.71. The first kappa shape index (κ1) is 11.6. The van der Waals surface area contributed by atoms with Gasteiger partial charge in [0, 0.05) is 26.0 Å². The predicted molar refractivity (Wildman–Crippen MR) is 63.0 cm³/mol. The maximum absolute atomic E-state index is 6.22. The van der Waals surface area contributed by atoms with Crippen molar-refractivity contribution in [2.24, 2.45) is 5.73 Å². The molecule has 0 amide bonds. The average molecular weight is 223 g/mol. The van der Waals surface area contributed by atoms with E-state index in [0.29, 0.717) is 0 Å². The largest absolute Gasteiger partial charge is 0.378 e. The summed E-state index contributed by atoms with van der Waals surface area (Å²) >= 11 is 0. The molecule has 90 valence electrons. The molecule has 16 heavy (non-hydrogen) atoms. The van der Waals surface area contributed by atoms with Crippen LogP contribution in [0.3, 0.4) is 0 Å². The van der Waals surface area contributed by atoms with Crippen LogP contribution in [0.2, 0.25) is 0 Å². The molecule has 4 heteroatoms. The van der Waals surface area contributed by atoms with Crippen LogP contribution in [0.1, 0.15) is 44.5 Å². The van der Waals surface area contributed by atoms with Crippen molar-refractivity contribution in [2.75, 3.05) is 7.11 Å². The van der Waals surface area contributed by atoms with Crippen LogP contribution in [0.25, 0.3) is 0 Å². The van der Waals surface area contributed by atoms with Gasteiger partial charge in [-0.15, -0.1) is 0 Å². The minimum absolute atomic E-state index is 0.0178. The highest BCUT2D eigenvalue weighted by atomic mass is 16.5. The number of rotatable bonds is 5. The van der Waals surface area contributed by atoms with E-state index in [1.807, 2.05) is 12.4 Å². The molecule has 0 bridgehead atoms. The molecule has 1 atom stereocenters. The lowest BCUT2D eigenvalue weighted by atomic mass is 9.75. The highest BCUT2D eigenvalue weighted by Crippen LogP contribution is 2.40. The summed E-state index contributed by atoms with van der Waals surface area (Å²) in [5.74, 6) is 0.978. The molecule has 0 aromatic carbocycles. The van der Waals surface area contributed by atoms with Crippen molar-refractivity contribution in [3.8, 4) is 0 Å². The van der Waals surface area contributed by atoms with Crippen molar-refractivity contribution >= 4 is 0 Å². The average Bonchev–Trinajstić information content (AvgIpc) is 2.71. The lowest BCUT2D eigenvalue weighted by Gasteiger charge is -2.42. The van der Waals surface area contributed by atoms with Crippen molar-refractivity contribution in [3.63, 3.8) is 0 Å². The molecular formula is C12H21N3O. The highest BCUT2D eigenvalue weighted by Gasteiger charge is 2.39. The zero-order valence-electron chi connectivity index (χ0n) is 10.1. The number of aryl methyl sites for hydroxylation is 1. The van der Waals surface area contributed by atoms with Crippen LogP contribution in [-0.2, 0) is 11.3 Å². The number of aromatic nitrogens is 2. The van der Waals surface area contributed by atoms with Gasteiger partial charge in [0.1, 0.15) is 5.82 Å². The number of hydrogen-bond donors (Lipinski definition) is 1. The maximum atomic E-state index is 6.22. The fourth-order valence-corrected chi connectivity index (χ4v) is 2.47. The van der Waals surface area contributed by atoms with Crippen LogP contribution >= 0.6 is 0 Å². The molecule has 1 aliphatic rings. The third kappa shape index (κ3) is 1.99. The molecule has 0 saturated heterocycles. The molecular weight excluding hydrogens is 202 g/mol. The molecule has 4 nitrogen and oxygen atoms in total. The highest BCUT2D eigenvalue weighted by molar-refractivity contribution is 5.03. The lowest BCUT2D eigenvalue weighted by molar-refractivity contribution is -0.0822. The molecule has 0 aliphatic heterocycles. The first-order valence-electron chi connectivity index (χ1n) is 6.02. The molecule has 1 unspecified atom stereocenters. The normalized spacial score (nSPS) is 20.4. The van der Waals surface area contributed by atoms with E-state index in [4.69, 9.17) is 10.5 Å². The Morgan fingerprint density at radius 3 is 2.88 bits per heavy atom. The van der Waals surface area contributed by atoms with Gasteiger partial charge in [-0.1, -0.05) is 0 Å². The van der Waals surface area contributed by atoms with Crippen LogP contribution in [0.15, 0.2) is 12.4 Å². The second-order valence-electron chi connectivity index (χ2n) is 4.62. The number of hydrogen-bond acceptors (Lipinski definition) is 3. The summed E-state index contributed by atoms with van der Waals surface area (Å²) in [5.41, 5.74) is 6.24. The third-order valence-electron chi connectivity index (χ3n) is 3.71. The number of imidazole rings is 1. The van der Waals surface area contributed by atoms with Crippen molar-refractivity contribution in [1.82, 2.24) is 9.55 Å². The van der Waals surface area contributed by atoms with Crippen molar-refractivity contribution < 1.29 is 4.74 Å². The summed E-state index contributed by atoms with van der Waals surface area (Å²) in [4.78, 5) is 4.35. The lowest BCUT2D eigenvalue weighted by Crippen LogP contribution is -2.42. The quantitative estimate of drug-likeness (QED) is 0.829. The van der Waals surface area contributed by atoms with E-state index in [2.05, 4.69) is 16.5 Å². The Hall–Kier alpha value is -0.870. The molecule has 1 saturated carbocycles. The van der Waals surface area contributed by atoms with E-state index in [-0.39, 0.29) is 11.6 Å². The Kier molecular flexibility index (Phi) is 3.30. The fraction of sp³-hybridized carbons (Fsp3) is 0.750. The maximum Gasteiger partial charge on any atom is 0.125 e. The summed E-state index contributed by atoms with van der Waals surface area (Å²) in [5, 5.41) is 0. The Morgan fingerprint density at radius 2 is 2.38 bits per heavy atom. The van der Waals surface area contributed by atoms with Crippen molar-refractivity contribution in [3.05, 3.63) is 18.2 Å². The Balaban J connectivity index is 2.05. The van der Waals surface area contributed by atoms with Gasteiger partial charge in [-0.2, -0.15) is 0 Å². The van der Waals surface area contributed by atoms with Crippen molar-refractivity contribution in [2.45, 2.75) is 50.8 Å². The van der Waals surface area contributed by atoms with Crippen LogP contribution in [0.5, 0.6) is 0 Å². The van der Waals surface area contributed by atoms with Crippen molar-refractivity contribution in [1.29, 1.82) is 0 Å². The molecule has 1 fully saturated rings. The van der Waals surface area contributed by atoms with Crippen LogP contribution in [0.4, 0.5) is 0 Å². The minimum atomic E-state index is -0.0183. The van der Waals surface area contributed by atoms with Gasteiger partial charge in [0.15, 0.2) is 0 Å². The molecule has 1 heterocycles. The number of nitrogens with two attached hydrogens (primary N) is 1. The standard InChI is InChI=1S/C12H21N3O/c1-3-15-8-7-14-11(15)10(13)9-12(16-2)5-4-6-12/h7-8,10H,3-6,9,13H2,1-2H3. The van der Waals surface area contributed by atoms with Gasteiger partial charge in [-0.3, -0.25) is 0 Å². The van der Waals surface area contributed by atoms with E-state index in [1.54, 1.807) is 7.11 Å². The van der Waals surface area contributed by atoms with E-state index in [0.717, 1.165) is 31.6 Å². The summed E-state index contributed by atoms with van der Waals surface area (Å²) in [6, 6.07) is -0.0183. The number of methoxy groups -OCH3 is 1. The second kappa shape index (κ2) is 4.55. The van der Waals surface area contributed by atoms with E-state index >= 15 is 0 Å². The Bertz CT molecular complexity index is 338. The molecule has 0 spiro atoms. The van der Waals surface area contributed by atoms with Crippen LogP contribution in [0, 0.1) is 0 Å². The van der Waals surface area contributed by atoms with Crippen LogP contribution < -0.4 is 5.73 Å². The number of ether oxygens (including phenoxy) is 1. The summed E-state index contributed by atoms with van der Waals surface area (Å²) < 4.78 is 7.70. The van der Waals surface area contributed by atoms with Gasteiger partial charge in [0.2, 0.25) is 0 Å². The minimum Gasteiger partial charge on any atom is -0.378 e. The van der Waals surface area contributed by atoms with Gasteiger partial charge in [0.25, 0.3) is 0 Å². The molecule has 2 N–H and O–H groups in total. The smallest absolute Gasteiger partial charge is 0.125 e. The summed E-state index contributed by atoms with van der Waals surface area (Å²) in [6.45, 7) is 3.02. The van der Waals surface area contributed by atoms with E-state index in [1.165, 1.54) is 6.42 Å². The second-order valence-corrected chi connectivity index (χ2v) is 4.62. The Morgan fingerprint density at radius 1 is 1.62 bits per heavy atom. The SMILES string of the molecule is CCn1ccnc1C(N)CC1(OC)CCC1. The predicted octanol–water partition coefficient (Wildman–Crippen LogP) is 1.86. The first-order chi connectivity index (χ1) is 7.71. The zero-order valence-corrected chi connectivity index (χ0v) is 10.1. The topological polar surface area (TPSA) is 53.1 Å². The zero-order chi connectivity index (χ0) is 11.6. The van der Waals surface area contributed by atoms with E-state index < -0.39 is 0 Å². The molecule has 1 aromatic heterocycles. The van der Waals surface area contributed by atoms with E-state index in [9.17, 15) is 0 Å². The summed E-state index contributed by atoms with van der Waals surface area (Å²) in [7, 11) is 1.79. The monoisotopic (exact) mass is 223 g/mol. The van der Waals surface area contributed by atoms with Gasteiger partial charge in [-0.05, 0) is 32.6 Å². The van der Waals surface area contributed by atoms with Crippen LogP contribution in [-0.4, -0.2) is 22.3 Å². The molecule has 1 aliphatic carbocycles. The molecule has 0 radical (unpaired) electrons. The van der Waals surface area contributed by atoms with Gasteiger partial charge in [0.05, 0.1) is 11.6 Å². The summed E-state index contributed by atoms with van der Waals surface area (Å²) in [6.07, 6.45) is 8.19. The first-order valence-corrected chi connectivity index (χ1v) is 6.02. The van der Waals surface area contributed by atoms with Gasteiger partial charge < -0.3 is 15.0 Å². The van der Waals surface area contributed by atoms with Gasteiger partial charge >= 0.3 is 0 Å². The fourth-order valence-electron chi connectivity index (χ4n) is 2.47. The van der Waals surface area contributed by atoms with Gasteiger partial charge in [-0.25, -0.2) is 4.98 Å². The number of nitrogens with zero attached hydrogens (tertiary/aromatic N) is 2.